The standard InChI is InChI=1S/C22H19N3O5S2/c1-29-14-7-10-16(11-8-14)32(27,28)25-18-6-4-3-5-17(18)21(26)24-22-23-19-12-9-15(30-2)13-20(19)31-22/h3-13,25H,1-2H3,(H,23,24,26). The van der Waals surface area contributed by atoms with Gasteiger partial charge in [0.15, 0.2) is 5.13 Å². The molecule has 32 heavy (non-hydrogen) atoms. The fraction of sp³-hybridized carbons (Fsp3) is 0.0909. The third-order valence-corrected chi connectivity index (χ3v) is 6.92. The Balaban J connectivity index is 1.58. The van der Waals surface area contributed by atoms with Crippen LogP contribution in [0.4, 0.5) is 10.8 Å². The number of thiazole rings is 1. The van der Waals surface area contributed by atoms with E-state index in [1.807, 2.05) is 6.07 Å². The van der Waals surface area contributed by atoms with Crippen molar-refractivity contribution in [1.29, 1.82) is 0 Å². The van der Waals surface area contributed by atoms with Gasteiger partial charge in [-0.3, -0.25) is 14.8 Å². The molecule has 8 nitrogen and oxygen atoms in total. The molecular formula is C22H19N3O5S2. The Labute approximate surface area is 188 Å². The zero-order valence-electron chi connectivity index (χ0n) is 17.2. The molecule has 0 bridgehead atoms. The number of carbonyl (C=O) groups is 1. The van der Waals surface area contributed by atoms with E-state index >= 15 is 0 Å². The number of nitrogens with one attached hydrogen (secondary N) is 2. The summed E-state index contributed by atoms with van der Waals surface area (Å²) in [6.45, 7) is 0. The summed E-state index contributed by atoms with van der Waals surface area (Å²) < 4.78 is 39.2. The van der Waals surface area contributed by atoms with E-state index in [1.54, 1.807) is 43.5 Å². The van der Waals surface area contributed by atoms with Crippen LogP contribution in [-0.4, -0.2) is 33.5 Å². The van der Waals surface area contributed by atoms with E-state index < -0.39 is 15.9 Å². The third-order valence-electron chi connectivity index (χ3n) is 4.60. The molecule has 0 aliphatic heterocycles. The van der Waals surface area contributed by atoms with Crippen molar-refractivity contribution < 1.29 is 22.7 Å². The highest BCUT2D eigenvalue weighted by Crippen LogP contribution is 2.30. The second-order valence-electron chi connectivity index (χ2n) is 6.63. The van der Waals surface area contributed by atoms with Crippen molar-refractivity contribution in [3.63, 3.8) is 0 Å². The number of sulfonamides is 1. The molecule has 1 heterocycles. The molecule has 3 aromatic carbocycles. The minimum atomic E-state index is -3.91. The number of methoxy groups -OCH3 is 2. The summed E-state index contributed by atoms with van der Waals surface area (Å²) in [6.07, 6.45) is 0. The van der Waals surface area contributed by atoms with Crippen molar-refractivity contribution in [3.8, 4) is 11.5 Å². The maximum Gasteiger partial charge on any atom is 0.261 e. The smallest absolute Gasteiger partial charge is 0.261 e. The highest BCUT2D eigenvalue weighted by atomic mass is 32.2. The Hall–Kier alpha value is -3.63. The van der Waals surface area contributed by atoms with Gasteiger partial charge in [0.2, 0.25) is 0 Å². The van der Waals surface area contributed by atoms with Crippen molar-refractivity contribution in [2.75, 3.05) is 24.3 Å². The van der Waals surface area contributed by atoms with Crippen molar-refractivity contribution in [2.24, 2.45) is 0 Å². The van der Waals surface area contributed by atoms with Crippen molar-refractivity contribution in [3.05, 3.63) is 72.3 Å². The Morgan fingerprint density at radius 1 is 0.938 bits per heavy atom. The molecule has 0 fully saturated rings. The topological polar surface area (TPSA) is 107 Å². The Kier molecular flexibility index (Phi) is 5.97. The average Bonchev–Trinajstić information content (AvgIpc) is 3.20. The lowest BCUT2D eigenvalue weighted by atomic mass is 10.2. The molecule has 1 aromatic heterocycles. The molecule has 4 rings (SSSR count). The van der Waals surface area contributed by atoms with Crippen LogP contribution in [0.3, 0.4) is 0 Å². The van der Waals surface area contributed by atoms with Crippen LogP contribution < -0.4 is 19.5 Å². The van der Waals surface area contributed by atoms with Crippen molar-refractivity contribution >= 4 is 48.3 Å². The second-order valence-corrected chi connectivity index (χ2v) is 9.35. The zero-order valence-corrected chi connectivity index (χ0v) is 18.8. The molecule has 0 aliphatic rings. The van der Waals surface area contributed by atoms with Gasteiger partial charge in [-0.05, 0) is 54.6 Å². The van der Waals surface area contributed by atoms with E-state index in [-0.39, 0.29) is 16.1 Å². The van der Waals surface area contributed by atoms with Crippen molar-refractivity contribution in [1.82, 2.24) is 4.98 Å². The van der Waals surface area contributed by atoms with E-state index in [2.05, 4.69) is 15.0 Å². The van der Waals surface area contributed by atoms with Gasteiger partial charge in [-0.2, -0.15) is 0 Å². The van der Waals surface area contributed by atoms with Gasteiger partial charge in [-0.1, -0.05) is 23.5 Å². The molecule has 164 valence electrons. The number of hydrogen-bond donors (Lipinski definition) is 2. The molecule has 0 saturated carbocycles. The summed E-state index contributed by atoms with van der Waals surface area (Å²) >= 11 is 1.30. The zero-order chi connectivity index (χ0) is 22.7. The second kappa shape index (κ2) is 8.85. The fourth-order valence-corrected chi connectivity index (χ4v) is 4.95. The van der Waals surface area contributed by atoms with Crippen LogP contribution in [0.1, 0.15) is 10.4 Å². The third kappa shape index (κ3) is 4.51. The van der Waals surface area contributed by atoms with E-state index in [4.69, 9.17) is 9.47 Å². The highest BCUT2D eigenvalue weighted by Gasteiger charge is 2.19. The number of amides is 1. The first-order valence-electron chi connectivity index (χ1n) is 9.41. The van der Waals surface area contributed by atoms with Gasteiger partial charge in [-0.25, -0.2) is 13.4 Å². The minimum absolute atomic E-state index is 0.0497. The SMILES string of the molecule is COc1ccc(S(=O)(=O)Nc2ccccc2C(=O)Nc2nc3ccc(OC)cc3s2)cc1. The Morgan fingerprint density at radius 3 is 2.34 bits per heavy atom. The molecule has 10 heteroatoms. The quantitative estimate of drug-likeness (QED) is 0.416. The molecule has 0 unspecified atom stereocenters. The summed E-state index contributed by atoms with van der Waals surface area (Å²) in [5.41, 5.74) is 1.05. The van der Waals surface area contributed by atoms with Crippen LogP contribution in [0.25, 0.3) is 10.2 Å². The number of benzene rings is 3. The lowest BCUT2D eigenvalue weighted by Gasteiger charge is -2.12. The Morgan fingerprint density at radius 2 is 1.62 bits per heavy atom. The monoisotopic (exact) mass is 469 g/mol. The molecule has 4 aromatic rings. The van der Waals surface area contributed by atoms with Crippen LogP contribution in [-0.2, 0) is 10.0 Å². The summed E-state index contributed by atoms with van der Waals surface area (Å²) in [5.74, 6) is 0.749. The number of aromatic nitrogens is 1. The first-order valence-corrected chi connectivity index (χ1v) is 11.7. The summed E-state index contributed by atoms with van der Waals surface area (Å²) in [4.78, 5) is 17.4. The maximum atomic E-state index is 12.9. The first-order chi connectivity index (χ1) is 15.4. The minimum Gasteiger partial charge on any atom is -0.497 e. The molecule has 2 N–H and O–H groups in total. The number of hydrogen-bond acceptors (Lipinski definition) is 7. The summed E-state index contributed by atoms with van der Waals surface area (Å²) in [7, 11) is -0.831. The van der Waals surface area contributed by atoms with E-state index in [9.17, 15) is 13.2 Å². The lowest BCUT2D eigenvalue weighted by Crippen LogP contribution is -2.18. The number of rotatable bonds is 7. The van der Waals surface area contributed by atoms with Gasteiger partial charge in [-0.15, -0.1) is 0 Å². The highest BCUT2D eigenvalue weighted by molar-refractivity contribution is 7.92. The Bertz CT molecular complexity index is 1380. The van der Waals surface area contributed by atoms with Crippen LogP contribution in [0.15, 0.2) is 71.6 Å². The largest absolute Gasteiger partial charge is 0.497 e. The molecule has 0 atom stereocenters. The average molecular weight is 470 g/mol. The lowest BCUT2D eigenvalue weighted by molar-refractivity contribution is 0.102. The van der Waals surface area contributed by atoms with E-state index in [0.29, 0.717) is 16.6 Å². The van der Waals surface area contributed by atoms with Crippen LogP contribution in [0.5, 0.6) is 11.5 Å². The van der Waals surface area contributed by atoms with Crippen molar-refractivity contribution in [2.45, 2.75) is 4.90 Å². The number of carbonyl (C=O) groups excluding carboxylic acids is 1. The van der Waals surface area contributed by atoms with Gasteiger partial charge >= 0.3 is 0 Å². The van der Waals surface area contributed by atoms with Gasteiger partial charge in [0, 0.05) is 0 Å². The summed E-state index contributed by atoms with van der Waals surface area (Å²) in [6, 6.07) is 17.8. The predicted octanol–water partition coefficient (Wildman–Crippen LogP) is 4.37. The molecule has 0 spiro atoms. The van der Waals surface area contributed by atoms with E-state index in [1.165, 1.54) is 42.7 Å². The van der Waals surface area contributed by atoms with Gasteiger partial charge in [0.25, 0.3) is 15.9 Å². The fourth-order valence-electron chi connectivity index (χ4n) is 2.98. The van der Waals surface area contributed by atoms with Gasteiger partial charge in [0.1, 0.15) is 11.5 Å². The molecule has 1 amide bonds. The normalized spacial score (nSPS) is 11.2. The van der Waals surface area contributed by atoms with Crippen LogP contribution in [0.2, 0.25) is 0 Å². The maximum absolute atomic E-state index is 12.9. The number of fused-ring (bicyclic) bond motifs is 1. The van der Waals surface area contributed by atoms with Gasteiger partial charge in [0.05, 0.1) is 40.6 Å². The van der Waals surface area contributed by atoms with Gasteiger partial charge < -0.3 is 9.47 Å². The van der Waals surface area contributed by atoms with Crippen LogP contribution in [0, 0.1) is 0 Å². The van der Waals surface area contributed by atoms with Crippen LogP contribution >= 0.6 is 11.3 Å². The predicted molar refractivity (Wildman–Crippen MR) is 124 cm³/mol. The first kappa shape index (κ1) is 21.6. The number of anilines is 2. The molecule has 0 saturated heterocycles. The molecular weight excluding hydrogens is 450 g/mol. The molecule has 0 aliphatic carbocycles. The summed E-state index contributed by atoms with van der Waals surface area (Å²) in [5, 5.41) is 3.14. The van der Waals surface area contributed by atoms with E-state index in [0.717, 1.165) is 10.2 Å². The molecule has 0 radical (unpaired) electrons. The number of nitrogens with zero attached hydrogens (tertiary/aromatic N) is 1. The number of para-hydroxylation sites is 1. The number of ether oxygens (including phenoxy) is 2.